The van der Waals surface area contributed by atoms with E-state index in [2.05, 4.69) is 15.6 Å². The predicted octanol–water partition coefficient (Wildman–Crippen LogP) is 0.159. The van der Waals surface area contributed by atoms with E-state index in [0.717, 1.165) is 0 Å². The van der Waals surface area contributed by atoms with Gasteiger partial charge in [0.25, 0.3) is 0 Å². The normalized spacial score (nSPS) is 12.8. The summed E-state index contributed by atoms with van der Waals surface area (Å²) in [7, 11) is 0. The Balaban J connectivity index is 2.67. The summed E-state index contributed by atoms with van der Waals surface area (Å²) in [5.74, 6) is 5.64. The molecule has 1 aromatic rings. The highest BCUT2D eigenvalue weighted by molar-refractivity contribution is 7.99. The molecule has 17 heavy (non-hydrogen) atoms. The molecule has 8 heteroatoms. The van der Waals surface area contributed by atoms with Crippen LogP contribution in [0.5, 0.6) is 0 Å². The van der Waals surface area contributed by atoms with E-state index in [-0.39, 0.29) is 17.9 Å². The summed E-state index contributed by atoms with van der Waals surface area (Å²) >= 11 is 1.44. The van der Waals surface area contributed by atoms with Crippen molar-refractivity contribution in [3.05, 3.63) is 0 Å². The van der Waals surface area contributed by atoms with E-state index in [1.165, 1.54) is 11.8 Å². The van der Waals surface area contributed by atoms with Gasteiger partial charge in [-0.3, -0.25) is 14.8 Å². The summed E-state index contributed by atoms with van der Waals surface area (Å²) < 4.78 is 1.83. The van der Waals surface area contributed by atoms with Crippen LogP contribution in [0.25, 0.3) is 0 Å². The molecule has 7 nitrogen and oxygen atoms in total. The lowest BCUT2D eigenvalue weighted by Gasteiger charge is -2.12. The number of rotatable bonds is 5. The molecule has 0 aromatic carbocycles. The molecular formula is C9H18N6OS. The minimum absolute atomic E-state index is 0.186. The number of nitrogen functional groups attached to an aromatic ring is 1. The minimum atomic E-state index is -0.193. The second-order valence-corrected chi connectivity index (χ2v) is 5.01. The van der Waals surface area contributed by atoms with Gasteiger partial charge in [0.15, 0.2) is 5.16 Å². The van der Waals surface area contributed by atoms with Crippen molar-refractivity contribution in [1.82, 2.24) is 20.2 Å². The summed E-state index contributed by atoms with van der Waals surface area (Å²) in [5, 5.41) is 8.52. The Bertz CT molecular complexity index is 391. The summed E-state index contributed by atoms with van der Waals surface area (Å²) in [6.07, 6.45) is 0. The minimum Gasteiger partial charge on any atom is -0.368 e. The van der Waals surface area contributed by atoms with Gasteiger partial charge < -0.3 is 5.73 Å². The number of carbonyl (C=O) groups is 1. The van der Waals surface area contributed by atoms with Gasteiger partial charge in [-0.15, -0.1) is 10.2 Å². The third-order valence-corrected chi connectivity index (χ3v) is 3.46. The monoisotopic (exact) mass is 258 g/mol. The van der Waals surface area contributed by atoms with Crippen molar-refractivity contribution in [2.24, 2.45) is 11.8 Å². The fourth-order valence-corrected chi connectivity index (χ4v) is 2.38. The molecule has 1 aromatic heterocycles. The molecule has 0 aliphatic heterocycles. The van der Waals surface area contributed by atoms with E-state index in [1.807, 2.05) is 18.4 Å². The van der Waals surface area contributed by atoms with Crippen LogP contribution in [0.4, 0.5) is 5.95 Å². The number of carbonyl (C=O) groups excluding carboxylic acids is 1. The lowest BCUT2D eigenvalue weighted by atomic mass is 10.2. The van der Waals surface area contributed by atoms with Gasteiger partial charge in [-0.05, 0) is 13.8 Å². The molecule has 0 saturated heterocycles. The standard InChI is InChI=1S/C9H18N6OS/c1-5(2)15-8(10)13-14-9(15)17-4-6(3)7(16)12-11/h5-6H,4,11H2,1-3H3,(H2,10,13)(H,12,16). The molecular weight excluding hydrogens is 240 g/mol. The maximum absolute atomic E-state index is 11.2. The average molecular weight is 258 g/mol. The molecule has 0 aliphatic rings. The van der Waals surface area contributed by atoms with E-state index in [1.54, 1.807) is 6.92 Å². The lowest BCUT2D eigenvalue weighted by Crippen LogP contribution is -2.35. The van der Waals surface area contributed by atoms with Gasteiger partial charge >= 0.3 is 0 Å². The van der Waals surface area contributed by atoms with Crippen LogP contribution in [-0.2, 0) is 4.79 Å². The number of aromatic nitrogens is 3. The number of hydrazine groups is 1. The van der Waals surface area contributed by atoms with Gasteiger partial charge in [-0.25, -0.2) is 5.84 Å². The molecule has 5 N–H and O–H groups in total. The van der Waals surface area contributed by atoms with E-state index in [4.69, 9.17) is 11.6 Å². The van der Waals surface area contributed by atoms with Gasteiger partial charge in [-0.1, -0.05) is 18.7 Å². The van der Waals surface area contributed by atoms with Crippen LogP contribution >= 0.6 is 11.8 Å². The second kappa shape index (κ2) is 5.87. The van der Waals surface area contributed by atoms with E-state index in [0.29, 0.717) is 16.9 Å². The van der Waals surface area contributed by atoms with Crippen molar-refractivity contribution in [2.75, 3.05) is 11.5 Å². The van der Waals surface area contributed by atoms with E-state index in [9.17, 15) is 4.79 Å². The van der Waals surface area contributed by atoms with Crippen molar-refractivity contribution in [2.45, 2.75) is 32.0 Å². The van der Waals surface area contributed by atoms with Gasteiger partial charge in [-0.2, -0.15) is 0 Å². The molecule has 0 fully saturated rings. The number of thioether (sulfide) groups is 1. The first kappa shape index (κ1) is 13.8. The molecule has 1 amide bonds. The van der Waals surface area contributed by atoms with Crippen LogP contribution in [-0.4, -0.2) is 26.4 Å². The topological polar surface area (TPSA) is 112 Å². The van der Waals surface area contributed by atoms with Gasteiger partial charge in [0.1, 0.15) is 0 Å². The summed E-state index contributed by atoms with van der Waals surface area (Å²) in [6.45, 7) is 5.80. The van der Waals surface area contributed by atoms with E-state index < -0.39 is 0 Å². The van der Waals surface area contributed by atoms with Crippen LogP contribution in [0, 0.1) is 5.92 Å². The van der Waals surface area contributed by atoms with Crippen molar-refractivity contribution < 1.29 is 4.79 Å². The summed E-state index contributed by atoms with van der Waals surface area (Å²) in [5.41, 5.74) is 7.84. The first-order valence-corrected chi connectivity index (χ1v) is 6.29. The zero-order valence-corrected chi connectivity index (χ0v) is 11.0. The van der Waals surface area contributed by atoms with Crippen LogP contribution in [0.1, 0.15) is 26.8 Å². The molecule has 1 unspecified atom stereocenters. The molecule has 0 radical (unpaired) electrons. The average Bonchev–Trinajstić information content (AvgIpc) is 2.66. The number of nitrogens with one attached hydrogen (secondary N) is 1. The molecule has 0 saturated carbocycles. The largest absolute Gasteiger partial charge is 0.368 e. The Labute approximate surface area is 104 Å². The highest BCUT2D eigenvalue weighted by atomic mass is 32.2. The van der Waals surface area contributed by atoms with Crippen LogP contribution in [0.2, 0.25) is 0 Å². The number of nitrogens with two attached hydrogens (primary N) is 2. The number of amides is 1. The highest BCUT2D eigenvalue weighted by Gasteiger charge is 2.16. The zero-order valence-electron chi connectivity index (χ0n) is 10.2. The number of hydrogen-bond donors (Lipinski definition) is 3. The summed E-state index contributed by atoms with van der Waals surface area (Å²) in [6, 6.07) is 0.186. The zero-order chi connectivity index (χ0) is 13.0. The van der Waals surface area contributed by atoms with Crippen LogP contribution in [0.15, 0.2) is 5.16 Å². The van der Waals surface area contributed by atoms with Crippen molar-refractivity contribution >= 4 is 23.6 Å². The lowest BCUT2D eigenvalue weighted by molar-refractivity contribution is -0.123. The van der Waals surface area contributed by atoms with Crippen LogP contribution in [0.3, 0.4) is 0 Å². The molecule has 1 rings (SSSR count). The molecule has 1 heterocycles. The Morgan fingerprint density at radius 3 is 2.65 bits per heavy atom. The maximum atomic E-state index is 11.2. The fourth-order valence-electron chi connectivity index (χ4n) is 1.29. The number of hydrogen-bond acceptors (Lipinski definition) is 6. The Morgan fingerprint density at radius 1 is 1.47 bits per heavy atom. The third-order valence-electron chi connectivity index (χ3n) is 2.26. The number of anilines is 1. The molecule has 0 bridgehead atoms. The Morgan fingerprint density at radius 2 is 2.12 bits per heavy atom. The molecule has 0 spiro atoms. The molecule has 0 aliphatic carbocycles. The predicted molar refractivity (Wildman–Crippen MR) is 67.0 cm³/mol. The highest BCUT2D eigenvalue weighted by Crippen LogP contribution is 2.24. The fraction of sp³-hybridized carbons (Fsp3) is 0.667. The third kappa shape index (κ3) is 3.34. The maximum Gasteiger partial charge on any atom is 0.237 e. The van der Waals surface area contributed by atoms with Gasteiger partial charge in [0.2, 0.25) is 11.9 Å². The molecule has 96 valence electrons. The molecule has 1 atom stereocenters. The van der Waals surface area contributed by atoms with Crippen molar-refractivity contribution in [3.63, 3.8) is 0 Å². The van der Waals surface area contributed by atoms with E-state index >= 15 is 0 Å². The number of nitrogens with zero attached hydrogens (tertiary/aromatic N) is 3. The van der Waals surface area contributed by atoms with Gasteiger partial charge in [0, 0.05) is 17.7 Å². The quantitative estimate of drug-likeness (QED) is 0.300. The first-order valence-electron chi connectivity index (χ1n) is 5.31. The SMILES string of the molecule is CC(CSc1nnc(N)n1C(C)C)C(=O)NN. The van der Waals surface area contributed by atoms with Crippen molar-refractivity contribution in [3.8, 4) is 0 Å². The smallest absolute Gasteiger partial charge is 0.237 e. The first-order chi connectivity index (χ1) is 7.97. The Kier molecular flexibility index (Phi) is 4.76. The Hall–Kier alpha value is -1.28. The van der Waals surface area contributed by atoms with Crippen LogP contribution < -0.4 is 17.0 Å². The second-order valence-electron chi connectivity index (χ2n) is 4.03. The summed E-state index contributed by atoms with van der Waals surface area (Å²) in [4.78, 5) is 11.2. The van der Waals surface area contributed by atoms with Gasteiger partial charge in [0.05, 0.1) is 0 Å². The van der Waals surface area contributed by atoms with Crippen molar-refractivity contribution in [1.29, 1.82) is 0 Å².